The van der Waals surface area contributed by atoms with E-state index < -0.39 is 28.4 Å². The molecule has 0 radical (unpaired) electrons. The number of methoxy groups -OCH3 is 1. The largest absolute Gasteiger partial charge is 0.496 e. The molecule has 34 heavy (non-hydrogen) atoms. The van der Waals surface area contributed by atoms with Crippen molar-refractivity contribution >= 4 is 49.1 Å². The number of ether oxygens (including phenoxy) is 1. The third kappa shape index (κ3) is 5.40. The highest BCUT2D eigenvalue weighted by Gasteiger charge is 2.28. The van der Waals surface area contributed by atoms with Crippen LogP contribution in [-0.2, 0) is 14.8 Å². The van der Waals surface area contributed by atoms with Crippen molar-refractivity contribution in [2.75, 3.05) is 23.3 Å². The van der Waals surface area contributed by atoms with Crippen LogP contribution in [0, 0.1) is 13.8 Å². The molecule has 0 bridgehead atoms. The maximum Gasteiger partial charge on any atom is 0.264 e. The Labute approximate surface area is 206 Å². The van der Waals surface area contributed by atoms with Crippen molar-refractivity contribution < 1.29 is 22.7 Å². The average molecular weight is 546 g/mol. The number of hydrogen-bond acceptors (Lipinski definition) is 5. The van der Waals surface area contributed by atoms with E-state index in [4.69, 9.17) is 10.5 Å². The monoisotopic (exact) mass is 545 g/mol. The fourth-order valence-electron chi connectivity index (χ4n) is 3.32. The molecule has 0 aromatic heterocycles. The first-order valence-electron chi connectivity index (χ1n) is 10.2. The minimum atomic E-state index is -4.12. The van der Waals surface area contributed by atoms with Crippen molar-refractivity contribution in [2.24, 2.45) is 5.73 Å². The molecule has 178 valence electrons. The Morgan fingerprint density at radius 3 is 2.32 bits per heavy atom. The van der Waals surface area contributed by atoms with Gasteiger partial charge in [-0.05, 0) is 77.8 Å². The number of carbonyl (C=O) groups is 2. The summed E-state index contributed by atoms with van der Waals surface area (Å²) in [5.74, 6) is -0.729. The van der Waals surface area contributed by atoms with Crippen molar-refractivity contribution in [3.8, 4) is 5.75 Å². The quantitative estimate of drug-likeness (QED) is 0.443. The van der Waals surface area contributed by atoms with Gasteiger partial charge in [-0.2, -0.15) is 0 Å². The zero-order chi connectivity index (χ0) is 25.0. The molecular formula is C24H24BrN3O5S. The molecule has 0 aliphatic carbocycles. The summed E-state index contributed by atoms with van der Waals surface area (Å²) in [5, 5.41) is 2.69. The summed E-state index contributed by atoms with van der Waals surface area (Å²) in [6.07, 6.45) is 0. The summed E-state index contributed by atoms with van der Waals surface area (Å²) in [6.45, 7) is 3.04. The second-order valence-electron chi connectivity index (χ2n) is 7.53. The van der Waals surface area contributed by atoms with Crippen LogP contribution < -0.4 is 20.1 Å². The van der Waals surface area contributed by atoms with Crippen molar-refractivity contribution in [1.82, 2.24) is 0 Å². The molecule has 10 heteroatoms. The molecule has 0 fully saturated rings. The van der Waals surface area contributed by atoms with E-state index in [1.165, 1.54) is 25.3 Å². The molecule has 0 heterocycles. The Hall–Kier alpha value is -3.37. The lowest BCUT2D eigenvalue weighted by Gasteiger charge is -2.25. The van der Waals surface area contributed by atoms with Crippen LogP contribution in [0.5, 0.6) is 5.75 Å². The lowest BCUT2D eigenvalue weighted by Crippen LogP contribution is -2.38. The number of nitrogens with one attached hydrogen (secondary N) is 1. The minimum absolute atomic E-state index is 0.0135. The molecular weight excluding hydrogens is 522 g/mol. The number of sulfonamides is 1. The van der Waals surface area contributed by atoms with Crippen molar-refractivity contribution in [1.29, 1.82) is 0 Å². The van der Waals surface area contributed by atoms with Gasteiger partial charge in [-0.15, -0.1) is 0 Å². The third-order valence-electron chi connectivity index (χ3n) is 5.19. The number of benzene rings is 3. The van der Waals surface area contributed by atoms with E-state index in [1.807, 2.05) is 6.92 Å². The summed E-state index contributed by atoms with van der Waals surface area (Å²) >= 11 is 3.31. The number of rotatable bonds is 8. The molecule has 8 nitrogen and oxygen atoms in total. The van der Waals surface area contributed by atoms with Gasteiger partial charge in [-0.1, -0.05) is 23.8 Å². The predicted molar refractivity (Wildman–Crippen MR) is 135 cm³/mol. The number of anilines is 2. The zero-order valence-corrected chi connectivity index (χ0v) is 21.2. The molecule has 3 aromatic rings. The Balaban J connectivity index is 1.98. The smallest absolute Gasteiger partial charge is 0.264 e. The number of nitrogens with zero attached hydrogens (tertiary/aromatic N) is 1. The Bertz CT molecular complexity index is 1340. The molecule has 0 atom stereocenters. The van der Waals surface area contributed by atoms with E-state index >= 15 is 0 Å². The predicted octanol–water partition coefficient (Wildman–Crippen LogP) is 4.01. The first-order valence-corrected chi connectivity index (χ1v) is 12.4. The van der Waals surface area contributed by atoms with Gasteiger partial charge in [0.05, 0.1) is 22.2 Å². The van der Waals surface area contributed by atoms with Crippen LogP contribution in [0.25, 0.3) is 0 Å². The van der Waals surface area contributed by atoms with Gasteiger partial charge in [-0.3, -0.25) is 13.9 Å². The fraction of sp³-hybridized carbons (Fsp3) is 0.167. The lowest BCUT2D eigenvalue weighted by molar-refractivity contribution is -0.114. The lowest BCUT2D eigenvalue weighted by atomic mass is 10.1. The third-order valence-corrected chi connectivity index (χ3v) is 7.58. The molecule has 0 spiro atoms. The first kappa shape index (κ1) is 25.3. The average Bonchev–Trinajstić information content (AvgIpc) is 2.79. The van der Waals surface area contributed by atoms with Crippen LogP contribution in [0.4, 0.5) is 11.4 Å². The number of nitrogens with two attached hydrogens (primary N) is 1. The topological polar surface area (TPSA) is 119 Å². The molecule has 2 amide bonds. The number of hydrogen-bond donors (Lipinski definition) is 2. The van der Waals surface area contributed by atoms with Crippen molar-refractivity contribution in [3.63, 3.8) is 0 Å². The Kier molecular flexibility index (Phi) is 7.63. The van der Waals surface area contributed by atoms with E-state index in [9.17, 15) is 18.0 Å². The van der Waals surface area contributed by atoms with Gasteiger partial charge < -0.3 is 15.8 Å². The fourth-order valence-corrected chi connectivity index (χ4v) is 5.46. The van der Waals surface area contributed by atoms with Gasteiger partial charge in [0.15, 0.2) is 0 Å². The van der Waals surface area contributed by atoms with E-state index in [0.717, 1.165) is 9.87 Å². The van der Waals surface area contributed by atoms with Gasteiger partial charge in [0.1, 0.15) is 12.3 Å². The van der Waals surface area contributed by atoms with Crippen LogP contribution in [0.3, 0.4) is 0 Å². The van der Waals surface area contributed by atoms with E-state index in [0.29, 0.717) is 27.2 Å². The zero-order valence-electron chi connectivity index (χ0n) is 18.8. The van der Waals surface area contributed by atoms with Gasteiger partial charge in [-0.25, -0.2) is 8.42 Å². The number of carbonyl (C=O) groups excluding carboxylic acids is 2. The standard InChI is InChI=1S/C24H24BrN3O5S/c1-15-7-9-17(10-8-15)28(34(31,32)18-11-12-22(33-3)20(25)13-18)14-23(29)27-21-6-4-5-19(16(21)2)24(26)30/h4-13H,14H2,1-3H3,(H2,26,30)(H,27,29). The molecule has 0 saturated heterocycles. The summed E-state index contributed by atoms with van der Waals surface area (Å²) in [7, 11) is -2.64. The maximum atomic E-state index is 13.6. The molecule has 0 unspecified atom stereocenters. The van der Waals surface area contributed by atoms with E-state index in [-0.39, 0.29) is 10.5 Å². The van der Waals surface area contributed by atoms with Crippen LogP contribution in [-0.4, -0.2) is 33.9 Å². The maximum absolute atomic E-state index is 13.6. The minimum Gasteiger partial charge on any atom is -0.496 e. The highest BCUT2D eigenvalue weighted by atomic mass is 79.9. The highest BCUT2D eigenvalue weighted by Crippen LogP contribution is 2.31. The molecule has 3 N–H and O–H groups in total. The number of aryl methyl sites for hydroxylation is 1. The van der Waals surface area contributed by atoms with Gasteiger partial charge in [0.25, 0.3) is 10.0 Å². The molecule has 0 aliphatic heterocycles. The summed E-state index contributed by atoms with van der Waals surface area (Å²) in [6, 6.07) is 15.9. The van der Waals surface area contributed by atoms with Crippen LogP contribution in [0.15, 0.2) is 70.0 Å². The number of primary amides is 1. The second kappa shape index (κ2) is 10.3. The Morgan fingerprint density at radius 1 is 1.06 bits per heavy atom. The highest BCUT2D eigenvalue weighted by molar-refractivity contribution is 9.10. The molecule has 3 aromatic carbocycles. The molecule has 0 saturated carbocycles. The second-order valence-corrected chi connectivity index (χ2v) is 10.3. The van der Waals surface area contributed by atoms with Crippen LogP contribution >= 0.6 is 15.9 Å². The van der Waals surface area contributed by atoms with Crippen molar-refractivity contribution in [3.05, 3.63) is 81.8 Å². The van der Waals surface area contributed by atoms with Crippen LogP contribution in [0.2, 0.25) is 0 Å². The SMILES string of the molecule is COc1ccc(S(=O)(=O)N(CC(=O)Nc2cccc(C(N)=O)c2C)c2ccc(C)cc2)cc1Br. The number of halogens is 1. The number of amides is 2. The normalized spacial score (nSPS) is 11.1. The van der Waals surface area contributed by atoms with Gasteiger partial charge >= 0.3 is 0 Å². The van der Waals surface area contributed by atoms with Crippen LogP contribution in [0.1, 0.15) is 21.5 Å². The molecule has 3 rings (SSSR count). The van der Waals surface area contributed by atoms with E-state index in [2.05, 4.69) is 21.2 Å². The summed E-state index contributed by atoms with van der Waals surface area (Å²) in [5.41, 5.74) is 7.79. The summed E-state index contributed by atoms with van der Waals surface area (Å²) < 4.78 is 33.9. The Morgan fingerprint density at radius 2 is 1.74 bits per heavy atom. The van der Waals surface area contributed by atoms with E-state index in [1.54, 1.807) is 49.4 Å². The first-order chi connectivity index (χ1) is 16.0. The summed E-state index contributed by atoms with van der Waals surface area (Å²) in [4.78, 5) is 24.6. The molecule has 0 aliphatic rings. The van der Waals surface area contributed by atoms with Crippen molar-refractivity contribution in [2.45, 2.75) is 18.7 Å². The van der Waals surface area contributed by atoms with Gasteiger partial charge in [0.2, 0.25) is 11.8 Å². The van der Waals surface area contributed by atoms with Gasteiger partial charge in [0, 0.05) is 11.3 Å².